The van der Waals surface area contributed by atoms with Crippen molar-refractivity contribution in [1.82, 2.24) is 4.90 Å². The highest BCUT2D eigenvalue weighted by atomic mass is 32.2. The minimum atomic E-state index is 0.313. The van der Waals surface area contributed by atoms with Gasteiger partial charge in [0.25, 0.3) is 0 Å². The summed E-state index contributed by atoms with van der Waals surface area (Å²) in [5, 5.41) is 0. The molecule has 1 amide bonds. The summed E-state index contributed by atoms with van der Waals surface area (Å²) in [4.78, 5) is 16.8. The van der Waals surface area contributed by atoms with Crippen LogP contribution in [0.4, 0.5) is 5.69 Å². The van der Waals surface area contributed by atoms with E-state index in [0.29, 0.717) is 12.3 Å². The average molecular weight is 355 g/mol. The Kier molecular flexibility index (Phi) is 6.80. The molecule has 1 saturated heterocycles. The number of para-hydroxylation sites is 1. The molecule has 0 spiro atoms. The lowest BCUT2D eigenvalue weighted by atomic mass is 10.2. The van der Waals surface area contributed by atoms with Crippen LogP contribution in [0.1, 0.15) is 18.4 Å². The molecule has 1 aliphatic heterocycles. The van der Waals surface area contributed by atoms with Crippen molar-refractivity contribution in [2.24, 2.45) is 0 Å². The number of rotatable bonds is 7. The van der Waals surface area contributed by atoms with Gasteiger partial charge in [-0.1, -0.05) is 48.5 Å². The van der Waals surface area contributed by atoms with Crippen molar-refractivity contribution in [2.45, 2.75) is 18.6 Å². The largest absolute Gasteiger partial charge is 0.368 e. The van der Waals surface area contributed by atoms with Gasteiger partial charge in [-0.05, 0) is 29.9 Å². The number of carbonyl (C=O) groups excluding carboxylic acids is 1. The van der Waals surface area contributed by atoms with Crippen molar-refractivity contribution in [3.05, 3.63) is 66.2 Å². The molecule has 2 aromatic rings. The number of piperazine rings is 1. The fourth-order valence-corrected chi connectivity index (χ4v) is 4.02. The van der Waals surface area contributed by atoms with Crippen LogP contribution >= 0.6 is 11.8 Å². The average Bonchev–Trinajstić information content (AvgIpc) is 2.69. The topological polar surface area (TPSA) is 23.6 Å². The predicted molar refractivity (Wildman–Crippen MR) is 107 cm³/mol. The van der Waals surface area contributed by atoms with Gasteiger partial charge in [0.2, 0.25) is 5.91 Å². The van der Waals surface area contributed by atoms with Gasteiger partial charge in [-0.3, -0.25) is 4.79 Å². The van der Waals surface area contributed by atoms with E-state index in [1.54, 1.807) is 0 Å². The van der Waals surface area contributed by atoms with Crippen molar-refractivity contribution in [2.75, 3.05) is 36.8 Å². The molecule has 0 aliphatic carbocycles. The van der Waals surface area contributed by atoms with Crippen LogP contribution in [-0.2, 0) is 10.5 Å². The normalized spacial score (nSPS) is 14.6. The first kappa shape index (κ1) is 17.9. The number of amides is 1. The summed E-state index contributed by atoms with van der Waals surface area (Å²) >= 11 is 1.91. The summed E-state index contributed by atoms with van der Waals surface area (Å²) in [6.07, 6.45) is 1.64. The predicted octanol–water partition coefficient (Wildman–Crippen LogP) is 4.05. The summed E-state index contributed by atoms with van der Waals surface area (Å²) in [7, 11) is 0. The zero-order chi connectivity index (χ0) is 17.3. The maximum absolute atomic E-state index is 12.4. The molecule has 0 aromatic heterocycles. The van der Waals surface area contributed by atoms with E-state index in [9.17, 15) is 4.79 Å². The molecule has 3 rings (SSSR count). The molecule has 0 saturated carbocycles. The number of hydrogen-bond donors (Lipinski definition) is 0. The number of hydrogen-bond acceptors (Lipinski definition) is 3. The highest BCUT2D eigenvalue weighted by Crippen LogP contribution is 2.17. The Labute approximate surface area is 155 Å². The molecular weight excluding hydrogens is 328 g/mol. The van der Waals surface area contributed by atoms with Crippen LogP contribution in [0.5, 0.6) is 0 Å². The highest BCUT2D eigenvalue weighted by molar-refractivity contribution is 7.98. The van der Waals surface area contributed by atoms with Gasteiger partial charge < -0.3 is 9.80 Å². The Morgan fingerprint density at radius 1 is 0.880 bits per heavy atom. The summed E-state index contributed by atoms with van der Waals surface area (Å²) < 4.78 is 0. The third kappa shape index (κ3) is 5.53. The third-order valence-electron chi connectivity index (χ3n) is 4.54. The summed E-state index contributed by atoms with van der Waals surface area (Å²) in [6, 6.07) is 21.0. The number of carbonyl (C=O) groups is 1. The Morgan fingerprint density at radius 2 is 1.52 bits per heavy atom. The molecular formula is C21H26N2OS. The second-order valence-corrected chi connectivity index (χ2v) is 7.45. The lowest BCUT2D eigenvalue weighted by molar-refractivity contribution is -0.131. The Morgan fingerprint density at radius 3 is 2.20 bits per heavy atom. The maximum atomic E-state index is 12.4. The lowest BCUT2D eigenvalue weighted by Gasteiger charge is -2.36. The molecule has 0 bridgehead atoms. The molecule has 132 valence electrons. The first-order chi connectivity index (χ1) is 12.3. The molecule has 4 heteroatoms. The zero-order valence-corrected chi connectivity index (χ0v) is 15.5. The maximum Gasteiger partial charge on any atom is 0.222 e. The van der Waals surface area contributed by atoms with Crippen LogP contribution in [0.15, 0.2) is 60.7 Å². The Balaban J connectivity index is 1.31. The van der Waals surface area contributed by atoms with Gasteiger partial charge in [-0.25, -0.2) is 0 Å². The van der Waals surface area contributed by atoms with E-state index in [2.05, 4.69) is 53.4 Å². The third-order valence-corrected chi connectivity index (χ3v) is 5.66. The molecule has 0 radical (unpaired) electrons. The summed E-state index contributed by atoms with van der Waals surface area (Å²) in [5.74, 6) is 2.39. The summed E-state index contributed by atoms with van der Waals surface area (Å²) in [6.45, 7) is 3.53. The molecule has 3 nitrogen and oxygen atoms in total. The second kappa shape index (κ2) is 9.52. The van der Waals surface area contributed by atoms with Gasteiger partial charge in [-0.15, -0.1) is 0 Å². The number of benzene rings is 2. The van der Waals surface area contributed by atoms with E-state index in [4.69, 9.17) is 0 Å². The molecule has 25 heavy (non-hydrogen) atoms. The monoisotopic (exact) mass is 354 g/mol. The van der Waals surface area contributed by atoms with Crippen LogP contribution < -0.4 is 4.90 Å². The zero-order valence-electron chi connectivity index (χ0n) is 14.6. The van der Waals surface area contributed by atoms with Crippen LogP contribution in [0.3, 0.4) is 0 Å². The van der Waals surface area contributed by atoms with E-state index < -0.39 is 0 Å². The highest BCUT2D eigenvalue weighted by Gasteiger charge is 2.20. The minimum absolute atomic E-state index is 0.313. The number of anilines is 1. The fourth-order valence-electron chi connectivity index (χ4n) is 3.10. The standard InChI is InChI=1S/C21H26N2OS/c24-21(12-7-17-25-18-19-8-3-1-4-9-19)23-15-13-22(14-16-23)20-10-5-2-6-11-20/h1-6,8-11H,7,12-18H2. The molecule has 0 unspecified atom stereocenters. The lowest BCUT2D eigenvalue weighted by Crippen LogP contribution is -2.48. The van der Waals surface area contributed by atoms with Gasteiger partial charge in [-0.2, -0.15) is 11.8 Å². The van der Waals surface area contributed by atoms with Gasteiger partial charge in [0, 0.05) is 44.0 Å². The van der Waals surface area contributed by atoms with Crippen LogP contribution in [-0.4, -0.2) is 42.7 Å². The fraction of sp³-hybridized carbons (Fsp3) is 0.381. The quantitative estimate of drug-likeness (QED) is 0.701. The molecule has 1 heterocycles. The minimum Gasteiger partial charge on any atom is -0.368 e. The van der Waals surface area contributed by atoms with Crippen molar-refractivity contribution in [1.29, 1.82) is 0 Å². The van der Waals surface area contributed by atoms with E-state index in [-0.39, 0.29) is 0 Å². The molecule has 2 aromatic carbocycles. The SMILES string of the molecule is O=C(CCCSCc1ccccc1)N1CCN(c2ccccc2)CC1. The Bertz CT molecular complexity index is 639. The van der Waals surface area contributed by atoms with Crippen molar-refractivity contribution in [3.63, 3.8) is 0 Å². The summed E-state index contributed by atoms with van der Waals surface area (Å²) in [5.41, 5.74) is 2.61. The molecule has 1 aliphatic rings. The Hall–Kier alpha value is -1.94. The van der Waals surface area contributed by atoms with Crippen molar-refractivity contribution < 1.29 is 4.79 Å². The van der Waals surface area contributed by atoms with Crippen molar-refractivity contribution >= 4 is 23.4 Å². The first-order valence-electron chi connectivity index (χ1n) is 9.02. The smallest absolute Gasteiger partial charge is 0.222 e. The first-order valence-corrected chi connectivity index (χ1v) is 10.2. The van der Waals surface area contributed by atoms with Crippen LogP contribution in [0, 0.1) is 0 Å². The van der Waals surface area contributed by atoms with Gasteiger partial charge in [0.1, 0.15) is 0 Å². The molecule has 1 fully saturated rings. The van der Waals surface area contributed by atoms with Crippen LogP contribution in [0.2, 0.25) is 0 Å². The molecule has 0 N–H and O–H groups in total. The van der Waals surface area contributed by atoms with Crippen molar-refractivity contribution in [3.8, 4) is 0 Å². The number of thioether (sulfide) groups is 1. The van der Waals surface area contributed by atoms with E-state index >= 15 is 0 Å². The van der Waals surface area contributed by atoms with E-state index in [1.165, 1.54) is 11.3 Å². The number of nitrogens with zero attached hydrogens (tertiary/aromatic N) is 2. The second-order valence-electron chi connectivity index (χ2n) is 6.35. The van der Waals surface area contributed by atoms with Gasteiger partial charge >= 0.3 is 0 Å². The van der Waals surface area contributed by atoms with Gasteiger partial charge in [0.15, 0.2) is 0 Å². The molecule has 0 atom stereocenters. The van der Waals surface area contributed by atoms with Crippen LogP contribution in [0.25, 0.3) is 0 Å². The van der Waals surface area contributed by atoms with E-state index in [0.717, 1.165) is 44.1 Å². The van der Waals surface area contributed by atoms with E-state index in [1.807, 2.05) is 28.8 Å². The van der Waals surface area contributed by atoms with Gasteiger partial charge in [0.05, 0.1) is 0 Å².